The molecule has 2 aromatic rings. The fourth-order valence-corrected chi connectivity index (χ4v) is 4.58. The Morgan fingerprint density at radius 1 is 1.26 bits per heavy atom. The number of benzene rings is 1. The third-order valence-electron chi connectivity index (χ3n) is 6.31. The molecule has 1 aromatic carbocycles. The number of fused-ring (bicyclic) bond motifs is 1. The molecule has 3 amide bonds. The van der Waals surface area contributed by atoms with Crippen LogP contribution >= 0.6 is 15.9 Å². The number of hydrogen-bond acceptors (Lipinski definition) is 4. The van der Waals surface area contributed by atoms with Gasteiger partial charge in [0, 0.05) is 30.2 Å². The van der Waals surface area contributed by atoms with Gasteiger partial charge in [-0.15, -0.1) is 0 Å². The van der Waals surface area contributed by atoms with Crippen molar-refractivity contribution >= 4 is 33.7 Å². The van der Waals surface area contributed by atoms with Gasteiger partial charge in [0.2, 0.25) is 5.91 Å². The van der Waals surface area contributed by atoms with Gasteiger partial charge < -0.3 is 15.5 Å². The van der Waals surface area contributed by atoms with Crippen LogP contribution in [0, 0.1) is 0 Å². The first-order valence-corrected chi connectivity index (χ1v) is 11.3. The minimum Gasteiger partial charge on any atom is -0.351 e. The van der Waals surface area contributed by atoms with Gasteiger partial charge in [-0.05, 0) is 31.4 Å². The molecule has 1 aromatic heterocycles. The van der Waals surface area contributed by atoms with Crippen molar-refractivity contribution in [3.8, 4) is 0 Å². The molecule has 1 atom stereocenters. The number of nitrogens with zero attached hydrogens (tertiary/aromatic N) is 3. The lowest BCUT2D eigenvalue weighted by Gasteiger charge is -2.41. The maximum atomic E-state index is 13.0. The van der Waals surface area contributed by atoms with Crippen molar-refractivity contribution in [3.63, 3.8) is 0 Å². The zero-order chi connectivity index (χ0) is 22.2. The highest BCUT2D eigenvalue weighted by atomic mass is 79.9. The van der Waals surface area contributed by atoms with E-state index in [0.717, 1.165) is 35.7 Å². The molecule has 1 fully saturated rings. The number of amides is 3. The quantitative estimate of drug-likeness (QED) is 0.676. The highest BCUT2D eigenvalue weighted by molar-refractivity contribution is 9.10. The second-order valence-electron chi connectivity index (χ2n) is 8.44. The molecular weight excluding hydrogens is 462 g/mol. The molecule has 0 radical (unpaired) electrons. The molecule has 31 heavy (non-hydrogen) atoms. The number of likely N-dealkylation sites (N-methyl/N-ethyl adjacent to an activating group) is 1. The average Bonchev–Trinajstić information content (AvgIpc) is 3.41. The smallest absolute Gasteiger partial charge is 0.272 e. The summed E-state index contributed by atoms with van der Waals surface area (Å²) in [7, 11) is 1.62. The van der Waals surface area contributed by atoms with Crippen molar-refractivity contribution in [1.29, 1.82) is 0 Å². The van der Waals surface area contributed by atoms with Gasteiger partial charge >= 0.3 is 0 Å². The third kappa shape index (κ3) is 4.11. The zero-order valence-electron chi connectivity index (χ0n) is 17.7. The molecule has 2 aliphatic rings. The highest BCUT2D eigenvalue weighted by Crippen LogP contribution is 2.27. The number of aromatic nitrogens is 2. The Bertz CT molecular complexity index is 1030. The van der Waals surface area contributed by atoms with Crippen LogP contribution in [-0.4, -0.2) is 51.0 Å². The van der Waals surface area contributed by atoms with Crippen LogP contribution in [0.25, 0.3) is 0 Å². The Hall–Kier alpha value is -2.68. The lowest BCUT2D eigenvalue weighted by atomic mass is 9.95. The second-order valence-corrected chi connectivity index (χ2v) is 9.29. The molecule has 164 valence electrons. The van der Waals surface area contributed by atoms with Gasteiger partial charge in [0.15, 0.2) is 5.69 Å². The lowest BCUT2D eigenvalue weighted by Crippen LogP contribution is -2.63. The Kier molecular flexibility index (Phi) is 5.88. The van der Waals surface area contributed by atoms with Crippen LogP contribution in [0.5, 0.6) is 0 Å². The van der Waals surface area contributed by atoms with Crippen molar-refractivity contribution in [1.82, 2.24) is 25.3 Å². The van der Waals surface area contributed by atoms with Gasteiger partial charge in [-0.3, -0.25) is 19.1 Å². The monoisotopic (exact) mass is 487 g/mol. The van der Waals surface area contributed by atoms with Gasteiger partial charge in [0.05, 0.1) is 6.54 Å². The van der Waals surface area contributed by atoms with Gasteiger partial charge in [-0.25, -0.2) is 0 Å². The van der Waals surface area contributed by atoms with E-state index in [1.165, 1.54) is 15.6 Å². The molecule has 1 saturated carbocycles. The predicted molar refractivity (Wildman–Crippen MR) is 118 cm³/mol. The molecule has 9 heteroatoms. The molecule has 8 nitrogen and oxygen atoms in total. The van der Waals surface area contributed by atoms with E-state index in [0.29, 0.717) is 12.2 Å². The normalized spacial score (nSPS) is 21.1. The van der Waals surface area contributed by atoms with Crippen molar-refractivity contribution < 1.29 is 14.4 Å². The minimum absolute atomic E-state index is 0.157. The average molecular weight is 488 g/mol. The van der Waals surface area contributed by atoms with E-state index in [-0.39, 0.29) is 36.0 Å². The van der Waals surface area contributed by atoms with Crippen molar-refractivity contribution in [3.05, 3.63) is 51.8 Å². The fourth-order valence-electron chi connectivity index (χ4n) is 4.16. The molecule has 0 unspecified atom stereocenters. The van der Waals surface area contributed by atoms with E-state index in [1.807, 2.05) is 24.3 Å². The van der Waals surface area contributed by atoms with Gasteiger partial charge in [-0.1, -0.05) is 47.0 Å². The first kappa shape index (κ1) is 21.5. The highest BCUT2D eigenvalue weighted by Gasteiger charge is 2.46. The number of halogens is 1. The number of nitrogens with one attached hydrogen (secondary N) is 2. The van der Waals surface area contributed by atoms with Crippen molar-refractivity contribution in [2.45, 2.75) is 57.3 Å². The summed E-state index contributed by atoms with van der Waals surface area (Å²) in [4.78, 5) is 40.1. The summed E-state index contributed by atoms with van der Waals surface area (Å²) in [6.07, 6.45) is 4.15. The van der Waals surface area contributed by atoms with Crippen LogP contribution in [-0.2, 0) is 17.9 Å². The number of rotatable bonds is 5. The first-order chi connectivity index (χ1) is 14.8. The predicted octanol–water partition coefficient (Wildman–Crippen LogP) is 2.48. The molecule has 2 heterocycles. The van der Waals surface area contributed by atoms with Crippen LogP contribution in [0.4, 0.5) is 0 Å². The van der Waals surface area contributed by atoms with E-state index in [9.17, 15) is 14.4 Å². The van der Waals surface area contributed by atoms with E-state index < -0.39 is 5.54 Å². The summed E-state index contributed by atoms with van der Waals surface area (Å²) in [5, 5.41) is 10.3. The van der Waals surface area contributed by atoms with E-state index in [2.05, 4.69) is 31.7 Å². The lowest BCUT2D eigenvalue weighted by molar-refractivity contribution is -0.133. The summed E-state index contributed by atoms with van der Waals surface area (Å²) in [5.74, 6) is -0.880. The van der Waals surface area contributed by atoms with Crippen LogP contribution in [0.15, 0.2) is 34.8 Å². The van der Waals surface area contributed by atoms with Gasteiger partial charge in [0.1, 0.15) is 11.2 Å². The molecule has 4 rings (SSSR count). The summed E-state index contributed by atoms with van der Waals surface area (Å²) in [5.41, 5.74) is 0.331. The summed E-state index contributed by atoms with van der Waals surface area (Å²) >= 11 is 3.46. The SMILES string of the molecule is CN1C(=O)c2cc(C(=O)NCc3ccccc3Br)nn2C[C@@]1(C)C(=O)NC1CCCC1. The number of carbonyl (C=O) groups is 3. The maximum Gasteiger partial charge on any atom is 0.272 e. The van der Waals surface area contributed by atoms with Crippen molar-refractivity contribution in [2.24, 2.45) is 0 Å². The van der Waals surface area contributed by atoms with Crippen LogP contribution < -0.4 is 10.6 Å². The largest absolute Gasteiger partial charge is 0.351 e. The molecule has 0 spiro atoms. The molecule has 0 bridgehead atoms. The summed E-state index contributed by atoms with van der Waals surface area (Å²) in [6.45, 7) is 2.27. The number of hydrogen-bond donors (Lipinski definition) is 2. The molecule has 1 aliphatic heterocycles. The Morgan fingerprint density at radius 2 is 1.97 bits per heavy atom. The van der Waals surface area contributed by atoms with Crippen molar-refractivity contribution in [2.75, 3.05) is 7.05 Å². The topological polar surface area (TPSA) is 96.3 Å². The molecular formula is C22H26BrN5O3. The zero-order valence-corrected chi connectivity index (χ0v) is 19.2. The second kappa shape index (κ2) is 8.45. The van der Waals surface area contributed by atoms with Crippen LogP contribution in [0.3, 0.4) is 0 Å². The number of carbonyl (C=O) groups excluding carboxylic acids is 3. The molecule has 2 N–H and O–H groups in total. The van der Waals surface area contributed by atoms with E-state index in [4.69, 9.17) is 0 Å². The van der Waals surface area contributed by atoms with E-state index in [1.54, 1.807) is 14.0 Å². The standard InChI is InChI=1S/C22H26BrN5O3/c1-22(21(31)25-15-8-4-5-9-15)13-28-18(20(30)27(22)2)11-17(26-28)19(29)24-12-14-7-3-6-10-16(14)23/h3,6-7,10-11,15H,4-5,8-9,12-13H2,1-2H3,(H,24,29)(H,25,31)/t22-/m0/s1. The van der Waals surface area contributed by atoms with E-state index >= 15 is 0 Å². The van der Waals surface area contributed by atoms with Gasteiger partial charge in [-0.2, -0.15) is 5.10 Å². The maximum absolute atomic E-state index is 13.0. The Labute approximate surface area is 189 Å². The summed E-state index contributed by atoms with van der Waals surface area (Å²) < 4.78 is 2.38. The molecule has 0 saturated heterocycles. The van der Waals surface area contributed by atoms with Crippen LogP contribution in [0.2, 0.25) is 0 Å². The summed E-state index contributed by atoms with van der Waals surface area (Å²) in [6, 6.07) is 9.26. The molecule has 1 aliphatic carbocycles. The van der Waals surface area contributed by atoms with Crippen LogP contribution in [0.1, 0.15) is 59.1 Å². The third-order valence-corrected chi connectivity index (χ3v) is 7.08. The first-order valence-electron chi connectivity index (χ1n) is 10.5. The Morgan fingerprint density at radius 3 is 2.68 bits per heavy atom. The van der Waals surface area contributed by atoms with Gasteiger partial charge in [0.25, 0.3) is 11.8 Å². The Balaban J connectivity index is 1.50. The minimum atomic E-state index is -1.07. The fraction of sp³-hybridized carbons (Fsp3) is 0.455.